The predicted octanol–water partition coefficient (Wildman–Crippen LogP) is 3.36. The van der Waals surface area contributed by atoms with Gasteiger partial charge in [-0.2, -0.15) is 0 Å². The summed E-state index contributed by atoms with van der Waals surface area (Å²) >= 11 is 6.12. The molecule has 1 saturated heterocycles. The minimum atomic E-state index is -3.64. The number of hydrogen-bond donors (Lipinski definition) is 2. The largest absolute Gasteiger partial charge is 0.377 e. The summed E-state index contributed by atoms with van der Waals surface area (Å²) in [5, 5.41) is 3.17. The van der Waals surface area contributed by atoms with Gasteiger partial charge >= 0.3 is 0 Å². The van der Waals surface area contributed by atoms with Crippen molar-refractivity contribution in [2.75, 3.05) is 18.5 Å². The third kappa shape index (κ3) is 5.07. The van der Waals surface area contributed by atoms with Crippen LogP contribution in [0.5, 0.6) is 0 Å². The highest BCUT2D eigenvalue weighted by Crippen LogP contribution is 2.23. The average molecular weight is 409 g/mol. The van der Waals surface area contributed by atoms with E-state index < -0.39 is 10.0 Å². The first-order valence-corrected chi connectivity index (χ1v) is 10.5. The molecule has 1 amide bonds. The number of carbonyl (C=O) groups excluding carboxylic acids is 1. The van der Waals surface area contributed by atoms with Crippen LogP contribution in [0, 0.1) is 6.92 Å². The Balaban J connectivity index is 1.65. The van der Waals surface area contributed by atoms with Crippen molar-refractivity contribution < 1.29 is 17.9 Å². The Kier molecular flexibility index (Phi) is 6.16. The number of carbonyl (C=O) groups is 1. The SMILES string of the molecule is Cc1ccc(NC(=O)c2ccc(S(=O)(=O)NCC3CCCO3)cc2)c(Cl)c1. The molecule has 2 aromatic rings. The summed E-state index contributed by atoms with van der Waals surface area (Å²) in [6.45, 7) is 2.82. The van der Waals surface area contributed by atoms with Gasteiger partial charge in [0.25, 0.3) is 5.91 Å². The van der Waals surface area contributed by atoms with E-state index >= 15 is 0 Å². The number of aryl methyl sites for hydroxylation is 1. The lowest BCUT2D eigenvalue weighted by atomic mass is 10.2. The number of rotatable bonds is 6. The van der Waals surface area contributed by atoms with Gasteiger partial charge < -0.3 is 10.1 Å². The summed E-state index contributed by atoms with van der Waals surface area (Å²) in [6, 6.07) is 11.1. The quantitative estimate of drug-likeness (QED) is 0.767. The Hall–Kier alpha value is -1.93. The van der Waals surface area contributed by atoms with Crippen LogP contribution in [0.4, 0.5) is 5.69 Å². The molecule has 6 nitrogen and oxygen atoms in total. The minimum absolute atomic E-state index is 0.0796. The molecule has 8 heteroatoms. The van der Waals surface area contributed by atoms with Gasteiger partial charge in [-0.25, -0.2) is 13.1 Å². The highest BCUT2D eigenvalue weighted by Gasteiger charge is 2.20. The molecule has 2 aromatic carbocycles. The Morgan fingerprint density at radius 3 is 2.59 bits per heavy atom. The van der Waals surface area contributed by atoms with Crippen molar-refractivity contribution in [3.8, 4) is 0 Å². The van der Waals surface area contributed by atoms with Crippen molar-refractivity contribution in [2.24, 2.45) is 0 Å². The smallest absolute Gasteiger partial charge is 0.255 e. The Morgan fingerprint density at radius 2 is 1.96 bits per heavy atom. The van der Waals surface area contributed by atoms with E-state index in [1.54, 1.807) is 12.1 Å². The topological polar surface area (TPSA) is 84.5 Å². The Labute approximate surface area is 163 Å². The first-order valence-electron chi connectivity index (χ1n) is 8.64. The van der Waals surface area contributed by atoms with Gasteiger partial charge in [0.15, 0.2) is 0 Å². The molecule has 2 N–H and O–H groups in total. The van der Waals surface area contributed by atoms with E-state index in [0.29, 0.717) is 22.9 Å². The van der Waals surface area contributed by atoms with E-state index in [-0.39, 0.29) is 23.5 Å². The van der Waals surface area contributed by atoms with Gasteiger partial charge in [0.1, 0.15) is 0 Å². The van der Waals surface area contributed by atoms with E-state index in [9.17, 15) is 13.2 Å². The normalized spacial score (nSPS) is 17.0. The lowest BCUT2D eigenvalue weighted by Crippen LogP contribution is -2.31. The van der Waals surface area contributed by atoms with Gasteiger partial charge in [-0.1, -0.05) is 17.7 Å². The molecule has 1 fully saturated rings. The molecule has 0 radical (unpaired) electrons. The molecular weight excluding hydrogens is 388 g/mol. The predicted molar refractivity (Wildman–Crippen MR) is 105 cm³/mol. The second kappa shape index (κ2) is 8.39. The molecule has 27 heavy (non-hydrogen) atoms. The monoisotopic (exact) mass is 408 g/mol. The number of halogens is 1. The zero-order valence-electron chi connectivity index (χ0n) is 14.9. The van der Waals surface area contributed by atoms with Crippen LogP contribution in [0.3, 0.4) is 0 Å². The van der Waals surface area contributed by atoms with Crippen molar-refractivity contribution in [1.29, 1.82) is 0 Å². The van der Waals surface area contributed by atoms with Crippen molar-refractivity contribution in [1.82, 2.24) is 4.72 Å². The van der Waals surface area contributed by atoms with Crippen molar-refractivity contribution in [3.05, 3.63) is 58.6 Å². The molecule has 1 unspecified atom stereocenters. The van der Waals surface area contributed by atoms with Crippen LogP contribution in [0.2, 0.25) is 5.02 Å². The fourth-order valence-corrected chi connectivity index (χ4v) is 4.14. The molecule has 1 heterocycles. The second-order valence-corrected chi connectivity index (χ2v) is 8.62. The fraction of sp³-hybridized carbons (Fsp3) is 0.316. The number of hydrogen-bond acceptors (Lipinski definition) is 4. The van der Waals surface area contributed by atoms with Gasteiger partial charge in [0.05, 0.1) is 21.7 Å². The number of amides is 1. The van der Waals surface area contributed by atoms with Crippen LogP contribution >= 0.6 is 11.6 Å². The van der Waals surface area contributed by atoms with Gasteiger partial charge in [0, 0.05) is 18.7 Å². The maximum Gasteiger partial charge on any atom is 0.255 e. The van der Waals surface area contributed by atoms with Crippen molar-refractivity contribution in [2.45, 2.75) is 30.8 Å². The summed E-state index contributed by atoms with van der Waals surface area (Å²) < 4.78 is 32.7. The molecule has 1 atom stereocenters. The van der Waals surface area contributed by atoms with Crippen molar-refractivity contribution >= 4 is 33.2 Å². The van der Waals surface area contributed by atoms with Crippen LogP contribution < -0.4 is 10.0 Å². The van der Waals surface area contributed by atoms with Gasteiger partial charge in [0.2, 0.25) is 10.0 Å². The summed E-state index contributed by atoms with van der Waals surface area (Å²) in [7, 11) is -3.64. The zero-order valence-corrected chi connectivity index (χ0v) is 16.4. The van der Waals surface area contributed by atoms with E-state index in [1.165, 1.54) is 24.3 Å². The van der Waals surface area contributed by atoms with Crippen LogP contribution in [0.25, 0.3) is 0 Å². The third-order valence-electron chi connectivity index (χ3n) is 4.32. The van der Waals surface area contributed by atoms with Gasteiger partial charge in [-0.3, -0.25) is 4.79 Å². The molecule has 0 bridgehead atoms. The molecule has 0 saturated carbocycles. The fourth-order valence-electron chi connectivity index (χ4n) is 2.79. The lowest BCUT2D eigenvalue weighted by Gasteiger charge is -2.12. The molecule has 1 aliphatic rings. The average Bonchev–Trinajstić information content (AvgIpc) is 3.16. The van der Waals surface area contributed by atoms with Crippen LogP contribution in [-0.2, 0) is 14.8 Å². The third-order valence-corrected chi connectivity index (χ3v) is 6.08. The summed E-state index contributed by atoms with van der Waals surface area (Å²) in [4.78, 5) is 12.5. The van der Waals surface area contributed by atoms with Crippen LogP contribution in [0.15, 0.2) is 47.4 Å². The maximum absolute atomic E-state index is 12.4. The van der Waals surface area contributed by atoms with Crippen molar-refractivity contribution in [3.63, 3.8) is 0 Å². The number of sulfonamides is 1. The number of benzene rings is 2. The molecule has 1 aliphatic heterocycles. The van der Waals surface area contributed by atoms with E-state index in [1.807, 2.05) is 13.0 Å². The highest BCUT2D eigenvalue weighted by atomic mass is 35.5. The van der Waals surface area contributed by atoms with Gasteiger partial charge in [-0.15, -0.1) is 0 Å². The maximum atomic E-state index is 12.4. The molecular formula is C19H21ClN2O4S. The zero-order chi connectivity index (χ0) is 19.4. The van der Waals surface area contributed by atoms with E-state index in [2.05, 4.69) is 10.0 Å². The van der Waals surface area contributed by atoms with Crippen LogP contribution in [0.1, 0.15) is 28.8 Å². The summed E-state index contributed by atoms with van der Waals surface area (Å²) in [5.41, 5.74) is 1.83. The number of nitrogens with one attached hydrogen (secondary N) is 2. The minimum Gasteiger partial charge on any atom is -0.377 e. The summed E-state index contributed by atoms with van der Waals surface area (Å²) in [6.07, 6.45) is 1.72. The highest BCUT2D eigenvalue weighted by molar-refractivity contribution is 7.89. The van der Waals surface area contributed by atoms with E-state index in [0.717, 1.165) is 18.4 Å². The standard InChI is InChI=1S/C19H21ClN2O4S/c1-13-4-9-18(17(20)11-13)22-19(23)14-5-7-16(8-6-14)27(24,25)21-12-15-3-2-10-26-15/h4-9,11,15,21H,2-3,10,12H2,1H3,(H,22,23). The number of ether oxygens (including phenoxy) is 1. The Bertz CT molecular complexity index is 923. The molecule has 0 aromatic heterocycles. The molecule has 144 valence electrons. The second-order valence-electron chi connectivity index (χ2n) is 6.45. The first-order chi connectivity index (χ1) is 12.8. The first kappa shape index (κ1) is 19.8. The van der Waals surface area contributed by atoms with E-state index in [4.69, 9.17) is 16.3 Å². The number of anilines is 1. The molecule has 0 aliphatic carbocycles. The molecule has 3 rings (SSSR count). The van der Waals surface area contributed by atoms with Crippen LogP contribution in [-0.4, -0.2) is 33.6 Å². The Morgan fingerprint density at radius 1 is 1.22 bits per heavy atom. The summed E-state index contributed by atoms with van der Waals surface area (Å²) in [5.74, 6) is -0.364. The van der Waals surface area contributed by atoms with Gasteiger partial charge in [-0.05, 0) is 61.7 Å². The molecule has 0 spiro atoms. The lowest BCUT2D eigenvalue weighted by molar-refractivity contribution is 0.102.